The number of ether oxygens (including phenoxy) is 1. The van der Waals surface area contributed by atoms with Crippen molar-refractivity contribution in [1.82, 2.24) is 0 Å². The predicted octanol–water partition coefficient (Wildman–Crippen LogP) is 2.27. The number of anilines is 2. The SMILES string of the molecule is CCOc1cc(N2CCCC(CCO)C2)ccc1N. The maximum absolute atomic E-state index is 9.07. The molecule has 0 saturated carbocycles. The smallest absolute Gasteiger partial charge is 0.144 e. The standard InChI is InChI=1S/C15H24N2O2/c1-2-19-15-10-13(5-6-14(15)16)17-8-3-4-12(11-17)7-9-18/h5-6,10,12,18H,2-4,7-9,11,16H2,1H3. The Kier molecular flexibility index (Phi) is 4.91. The van der Waals surface area contributed by atoms with Crippen molar-refractivity contribution in [3.05, 3.63) is 18.2 Å². The minimum atomic E-state index is 0.282. The summed E-state index contributed by atoms with van der Waals surface area (Å²) in [5, 5.41) is 9.07. The van der Waals surface area contributed by atoms with Crippen LogP contribution in [0.25, 0.3) is 0 Å². The molecule has 1 heterocycles. The molecule has 2 rings (SSSR count). The molecule has 0 aliphatic carbocycles. The van der Waals surface area contributed by atoms with E-state index in [4.69, 9.17) is 15.6 Å². The summed E-state index contributed by atoms with van der Waals surface area (Å²) in [6.07, 6.45) is 3.28. The third-order valence-electron chi connectivity index (χ3n) is 3.72. The third kappa shape index (κ3) is 3.53. The number of hydrogen-bond donors (Lipinski definition) is 2. The van der Waals surface area contributed by atoms with E-state index in [0.29, 0.717) is 18.2 Å². The predicted molar refractivity (Wildman–Crippen MR) is 78.7 cm³/mol. The molecule has 106 valence electrons. The van der Waals surface area contributed by atoms with E-state index < -0.39 is 0 Å². The molecule has 19 heavy (non-hydrogen) atoms. The van der Waals surface area contributed by atoms with E-state index in [2.05, 4.69) is 11.0 Å². The van der Waals surface area contributed by atoms with Crippen LogP contribution in [-0.4, -0.2) is 31.4 Å². The van der Waals surface area contributed by atoms with Crippen molar-refractivity contribution in [2.45, 2.75) is 26.2 Å². The summed E-state index contributed by atoms with van der Waals surface area (Å²) in [6, 6.07) is 6.00. The fraction of sp³-hybridized carbons (Fsp3) is 0.600. The van der Waals surface area contributed by atoms with Gasteiger partial charge in [-0.25, -0.2) is 0 Å². The van der Waals surface area contributed by atoms with Crippen LogP contribution in [0.3, 0.4) is 0 Å². The van der Waals surface area contributed by atoms with Gasteiger partial charge < -0.3 is 20.5 Å². The average Bonchev–Trinajstić information content (AvgIpc) is 2.42. The van der Waals surface area contributed by atoms with Crippen LogP contribution < -0.4 is 15.4 Å². The zero-order valence-electron chi connectivity index (χ0n) is 11.6. The van der Waals surface area contributed by atoms with Crippen LogP contribution in [-0.2, 0) is 0 Å². The first-order chi connectivity index (χ1) is 9.24. The van der Waals surface area contributed by atoms with Crippen molar-refractivity contribution < 1.29 is 9.84 Å². The first-order valence-corrected chi connectivity index (χ1v) is 7.12. The monoisotopic (exact) mass is 264 g/mol. The number of nitrogen functional groups attached to an aromatic ring is 1. The minimum Gasteiger partial charge on any atom is -0.492 e. The molecular weight excluding hydrogens is 240 g/mol. The Labute approximate surface area is 115 Å². The van der Waals surface area contributed by atoms with Gasteiger partial charge in [-0.2, -0.15) is 0 Å². The van der Waals surface area contributed by atoms with Crippen molar-refractivity contribution in [3.63, 3.8) is 0 Å². The number of hydrogen-bond acceptors (Lipinski definition) is 4. The van der Waals surface area contributed by atoms with Crippen molar-refractivity contribution in [3.8, 4) is 5.75 Å². The van der Waals surface area contributed by atoms with Gasteiger partial charge in [0, 0.05) is 31.5 Å². The van der Waals surface area contributed by atoms with Gasteiger partial charge in [-0.05, 0) is 44.2 Å². The summed E-state index contributed by atoms with van der Waals surface area (Å²) in [4.78, 5) is 2.37. The lowest BCUT2D eigenvalue weighted by Crippen LogP contribution is -2.35. The van der Waals surface area contributed by atoms with Gasteiger partial charge in [0.05, 0.1) is 12.3 Å². The second kappa shape index (κ2) is 6.66. The Balaban J connectivity index is 2.10. The molecule has 3 N–H and O–H groups in total. The number of aliphatic hydroxyl groups is 1. The fourth-order valence-corrected chi connectivity index (χ4v) is 2.72. The molecular formula is C15H24N2O2. The fourth-order valence-electron chi connectivity index (χ4n) is 2.72. The molecule has 1 unspecified atom stereocenters. The van der Waals surface area contributed by atoms with Gasteiger partial charge in [-0.15, -0.1) is 0 Å². The Morgan fingerprint density at radius 2 is 2.32 bits per heavy atom. The van der Waals surface area contributed by atoms with Gasteiger partial charge in [-0.3, -0.25) is 0 Å². The highest BCUT2D eigenvalue weighted by Gasteiger charge is 2.20. The van der Waals surface area contributed by atoms with Crippen molar-refractivity contribution in [1.29, 1.82) is 0 Å². The molecule has 0 bridgehead atoms. The molecule has 1 aliphatic rings. The molecule has 0 aromatic heterocycles. The molecule has 1 fully saturated rings. The molecule has 0 radical (unpaired) electrons. The van der Waals surface area contributed by atoms with Crippen molar-refractivity contribution >= 4 is 11.4 Å². The molecule has 0 spiro atoms. The molecule has 4 nitrogen and oxygen atoms in total. The zero-order valence-corrected chi connectivity index (χ0v) is 11.6. The number of benzene rings is 1. The highest BCUT2D eigenvalue weighted by atomic mass is 16.5. The number of rotatable bonds is 5. The molecule has 1 aromatic carbocycles. The minimum absolute atomic E-state index is 0.282. The Morgan fingerprint density at radius 3 is 3.05 bits per heavy atom. The van der Waals surface area contributed by atoms with Gasteiger partial charge in [0.1, 0.15) is 5.75 Å². The molecule has 1 aromatic rings. The number of nitrogens with two attached hydrogens (primary N) is 1. The van der Waals surface area contributed by atoms with E-state index in [9.17, 15) is 0 Å². The van der Waals surface area contributed by atoms with Crippen LogP contribution in [0.2, 0.25) is 0 Å². The van der Waals surface area contributed by atoms with E-state index in [1.807, 2.05) is 19.1 Å². The normalized spacial score (nSPS) is 19.5. The Bertz CT molecular complexity index is 407. The second-order valence-corrected chi connectivity index (χ2v) is 5.12. The van der Waals surface area contributed by atoms with Crippen molar-refractivity contribution in [2.75, 3.05) is 36.9 Å². The number of nitrogens with zero attached hydrogens (tertiary/aromatic N) is 1. The van der Waals surface area contributed by atoms with Gasteiger partial charge in [0.2, 0.25) is 0 Å². The van der Waals surface area contributed by atoms with Crippen molar-refractivity contribution in [2.24, 2.45) is 5.92 Å². The highest BCUT2D eigenvalue weighted by Crippen LogP contribution is 2.31. The van der Waals surface area contributed by atoms with Gasteiger partial charge in [0.15, 0.2) is 0 Å². The van der Waals surface area contributed by atoms with Gasteiger partial charge >= 0.3 is 0 Å². The molecule has 1 saturated heterocycles. The maximum atomic E-state index is 9.07. The molecule has 0 amide bonds. The quantitative estimate of drug-likeness (QED) is 0.801. The van der Waals surface area contributed by atoms with Gasteiger partial charge in [0.25, 0.3) is 0 Å². The largest absolute Gasteiger partial charge is 0.492 e. The average molecular weight is 264 g/mol. The van der Waals surface area contributed by atoms with Crippen LogP contribution in [0.1, 0.15) is 26.2 Å². The summed E-state index contributed by atoms with van der Waals surface area (Å²) in [6.45, 7) is 4.95. The van der Waals surface area contributed by atoms with Crippen LogP contribution in [0, 0.1) is 5.92 Å². The number of aliphatic hydroxyl groups excluding tert-OH is 1. The second-order valence-electron chi connectivity index (χ2n) is 5.12. The topological polar surface area (TPSA) is 58.7 Å². The Hall–Kier alpha value is -1.42. The highest BCUT2D eigenvalue weighted by molar-refractivity contribution is 5.62. The maximum Gasteiger partial charge on any atom is 0.144 e. The van der Waals surface area contributed by atoms with E-state index in [-0.39, 0.29) is 6.61 Å². The third-order valence-corrected chi connectivity index (χ3v) is 3.72. The van der Waals surface area contributed by atoms with Crippen LogP contribution in [0.15, 0.2) is 18.2 Å². The zero-order chi connectivity index (χ0) is 13.7. The summed E-state index contributed by atoms with van der Waals surface area (Å²) >= 11 is 0. The van der Waals surface area contributed by atoms with Crippen LogP contribution in [0.5, 0.6) is 5.75 Å². The van der Waals surface area contributed by atoms with Crippen LogP contribution in [0.4, 0.5) is 11.4 Å². The Morgan fingerprint density at radius 1 is 1.47 bits per heavy atom. The molecule has 1 aliphatic heterocycles. The first-order valence-electron chi connectivity index (χ1n) is 7.12. The number of piperidine rings is 1. The lowest BCUT2D eigenvalue weighted by atomic mass is 9.95. The van der Waals surface area contributed by atoms with E-state index in [1.165, 1.54) is 18.5 Å². The summed E-state index contributed by atoms with van der Waals surface area (Å²) in [5.74, 6) is 1.36. The summed E-state index contributed by atoms with van der Waals surface area (Å²) in [7, 11) is 0. The van der Waals surface area contributed by atoms with E-state index in [0.717, 1.165) is 25.3 Å². The van der Waals surface area contributed by atoms with Gasteiger partial charge in [-0.1, -0.05) is 0 Å². The lowest BCUT2D eigenvalue weighted by molar-refractivity contribution is 0.244. The first kappa shape index (κ1) is 14.0. The molecule has 1 atom stereocenters. The van der Waals surface area contributed by atoms with E-state index in [1.54, 1.807) is 0 Å². The summed E-state index contributed by atoms with van der Waals surface area (Å²) in [5.41, 5.74) is 7.76. The lowest BCUT2D eigenvalue weighted by Gasteiger charge is -2.34. The van der Waals surface area contributed by atoms with Crippen LogP contribution >= 0.6 is 0 Å². The van der Waals surface area contributed by atoms with E-state index >= 15 is 0 Å². The molecule has 4 heteroatoms. The summed E-state index contributed by atoms with van der Waals surface area (Å²) < 4.78 is 5.55.